The van der Waals surface area contributed by atoms with E-state index in [1.807, 2.05) is 101 Å². The van der Waals surface area contributed by atoms with Gasteiger partial charge in [-0.3, -0.25) is 4.90 Å². The first-order valence-electron chi connectivity index (χ1n) is 10.8. The predicted molar refractivity (Wildman–Crippen MR) is 123 cm³/mol. The van der Waals surface area contributed by atoms with E-state index in [0.717, 1.165) is 48.5 Å². The van der Waals surface area contributed by atoms with Crippen LogP contribution in [0.3, 0.4) is 0 Å². The van der Waals surface area contributed by atoms with Crippen LogP contribution in [0.5, 0.6) is 0 Å². The first-order valence-corrected chi connectivity index (χ1v) is 10.8. The van der Waals surface area contributed by atoms with Crippen LogP contribution in [-0.2, 0) is 0 Å². The Morgan fingerprint density at radius 3 is 1.94 bits per heavy atom. The lowest BCUT2D eigenvalue weighted by atomic mass is 9.86. The van der Waals surface area contributed by atoms with Crippen molar-refractivity contribution in [1.82, 2.24) is 5.12 Å². The van der Waals surface area contributed by atoms with Crippen molar-refractivity contribution in [2.45, 2.75) is 31.3 Å². The van der Waals surface area contributed by atoms with Crippen molar-refractivity contribution in [3.05, 3.63) is 91.0 Å². The van der Waals surface area contributed by atoms with Crippen LogP contribution >= 0.6 is 0 Å². The van der Waals surface area contributed by atoms with E-state index in [1.54, 1.807) is 5.01 Å². The molecule has 1 saturated carbocycles. The van der Waals surface area contributed by atoms with Crippen molar-refractivity contribution < 1.29 is 4.79 Å². The number of carbonyl (C=O) groups is 1. The molecule has 3 aliphatic rings. The molecular weight excluding hydrogens is 386 g/mol. The summed E-state index contributed by atoms with van der Waals surface area (Å²) in [7, 11) is 0. The second-order valence-corrected chi connectivity index (χ2v) is 8.09. The van der Waals surface area contributed by atoms with Gasteiger partial charge in [0.1, 0.15) is 0 Å². The van der Waals surface area contributed by atoms with E-state index in [2.05, 4.69) is 5.12 Å². The number of hydrogen-bond donors (Lipinski definition) is 0. The lowest BCUT2D eigenvalue weighted by Crippen LogP contribution is -2.61. The molecule has 0 N–H and O–H groups in total. The molecule has 6 rings (SSSR count). The van der Waals surface area contributed by atoms with Crippen molar-refractivity contribution in [2.24, 2.45) is 5.10 Å². The SMILES string of the molecule is O=C1N(c2ccccc2)N2N(c3ccccc3)N=C3CCCCC32N1c1ccccc1. The van der Waals surface area contributed by atoms with Crippen LogP contribution in [0, 0.1) is 0 Å². The number of carbonyl (C=O) groups excluding carboxylic acids is 1. The third-order valence-corrected chi connectivity index (χ3v) is 6.31. The molecule has 2 fully saturated rings. The number of benzene rings is 3. The van der Waals surface area contributed by atoms with Gasteiger partial charge in [-0.2, -0.15) is 10.2 Å². The van der Waals surface area contributed by atoms with E-state index in [-0.39, 0.29) is 6.03 Å². The zero-order valence-electron chi connectivity index (χ0n) is 17.1. The monoisotopic (exact) mass is 409 g/mol. The molecule has 2 amide bonds. The summed E-state index contributed by atoms with van der Waals surface area (Å²) in [6.45, 7) is 0. The van der Waals surface area contributed by atoms with E-state index in [4.69, 9.17) is 5.10 Å². The van der Waals surface area contributed by atoms with E-state index in [1.165, 1.54) is 0 Å². The molecule has 6 heteroatoms. The van der Waals surface area contributed by atoms with Crippen LogP contribution in [0.15, 0.2) is 96.1 Å². The van der Waals surface area contributed by atoms with Crippen molar-refractivity contribution in [2.75, 3.05) is 15.0 Å². The Bertz CT molecular complexity index is 1130. The predicted octanol–water partition coefficient (Wildman–Crippen LogP) is 5.41. The number of hydrazine groups is 2. The van der Waals surface area contributed by atoms with Gasteiger partial charge in [-0.05, 0) is 62.1 Å². The molecule has 1 aliphatic carbocycles. The van der Waals surface area contributed by atoms with Crippen molar-refractivity contribution in [3.63, 3.8) is 0 Å². The normalized spacial score (nSPS) is 23.0. The topological polar surface area (TPSA) is 42.4 Å². The Balaban J connectivity index is 1.59. The molecule has 31 heavy (non-hydrogen) atoms. The number of nitrogens with zero attached hydrogens (tertiary/aromatic N) is 5. The van der Waals surface area contributed by atoms with Gasteiger partial charge in [0.05, 0.1) is 17.1 Å². The molecule has 1 unspecified atom stereocenters. The molecule has 0 aromatic heterocycles. The number of hydrazone groups is 1. The number of rotatable bonds is 3. The summed E-state index contributed by atoms with van der Waals surface area (Å²) in [4.78, 5) is 16.0. The number of urea groups is 1. The lowest BCUT2D eigenvalue weighted by Gasteiger charge is -2.42. The minimum atomic E-state index is -0.637. The van der Waals surface area contributed by atoms with E-state index in [0.29, 0.717) is 0 Å². The molecular formula is C25H23N5O. The van der Waals surface area contributed by atoms with Crippen LogP contribution in [0.4, 0.5) is 21.9 Å². The molecule has 0 radical (unpaired) electrons. The first kappa shape index (κ1) is 18.2. The molecule has 1 spiro atoms. The highest BCUT2D eigenvalue weighted by Gasteiger charge is 2.66. The van der Waals surface area contributed by atoms with Crippen LogP contribution < -0.4 is 15.0 Å². The summed E-state index contributed by atoms with van der Waals surface area (Å²) >= 11 is 0. The fraction of sp³-hybridized carbons (Fsp3) is 0.200. The molecule has 1 saturated heterocycles. The molecule has 6 nitrogen and oxygen atoms in total. The summed E-state index contributed by atoms with van der Waals surface area (Å²) in [6, 6.07) is 29.8. The molecule has 154 valence electrons. The summed E-state index contributed by atoms with van der Waals surface area (Å²) < 4.78 is 0. The number of amides is 2. The smallest absolute Gasteiger partial charge is 0.265 e. The average Bonchev–Trinajstić information content (AvgIpc) is 3.29. The van der Waals surface area contributed by atoms with Crippen LogP contribution in [0.1, 0.15) is 25.7 Å². The Morgan fingerprint density at radius 2 is 1.29 bits per heavy atom. The minimum absolute atomic E-state index is 0.0624. The molecule has 3 aromatic rings. The van der Waals surface area contributed by atoms with Gasteiger partial charge < -0.3 is 0 Å². The number of para-hydroxylation sites is 3. The molecule has 0 bridgehead atoms. The third kappa shape index (κ3) is 2.55. The average molecular weight is 409 g/mol. The van der Waals surface area contributed by atoms with Crippen molar-refractivity contribution in [3.8, 4) is 0 Å². The lowest BCUT2D eigenvalue weighted by molar-refractivity contribution is 0.171. The Hall–Kier alpha value is -3.64. The maximum atomic E-state index is 14.1. The van der Waals surface area contributed by atoms with Crippen molar-refractivity contribution >= 4 is 28.8 Å². The van der Waals surface area contributed by atoms with Crippen LogP contribution in [-0.4, -0.2) is 22.5 Å². The zero-order chi connectivity index (χ0) is 20.8. The first-order chi connectivity index (χ1) is 15.3. The van der Waals surface area contributed by atoms with Crippen LogP contribution in [0.2, 0.25) is 0 Å². The Kier molecular flexibility index (Phi) is 4.07. The highest BCUT2D eigenvalue weighted by molar-refractivity contribution is 6.15. The molecule has 1 atom stereocenters. The number of anilines is 3. The van der Waals surface area contributed by atoms with E-state index < -0.39 is 5.66 Å². The van der Waals surface area contributed by atoms with E-state index >= 15 is 0 Å². The van der Waals surface area contributed by atoms with Crippen LogP contribution in [0.25, 0.3) is 0 Å². The van der Waals surface area contributed by atoms with Gasteiger partial charge in [-0.15, -0.1) is 0 Å². The van der Waals surface area contributed by atoms with Gasteiger partial charge in [-0.1, -0.05) is 59.7 Å². The maximum absolute atomic E-state index is 14.1. The molecule has 2 heterocycles. The highest BCUT2D eigenvalue weighted by Crippen LogP contribution is 2.50. The summed E-state index contributed by atoms with van der Waals surface area (Å²) in [5.74, 6) is 0. The third-order valence-electron chi connectivity index (χ3n) is 6.31. The zero-order valence-corrected chi connectivity index (χ0v) is 17.1. The standard InChI is InChI=1S/C25H23N5O/c31-24-27(20-12-4-1-5-13-20)25-19-11-10-18-23(25)26-29(22-16-8-3-9-17-22)30(25)28(24)21-14-6-2-7-15-21/h1-9,12-17H,10-11,18-19H2. The Morgan fingerprint density at radius 1 is 0.710 bits per heavy atom. The maximum Gasteiger partial charge on any atom is 0.347 e. The molecule has 3 aromatic carbocycles. The second-order valence-electron chi connectivity index (χ2n) is 8.09. The second kappa shape index (κ2) is 6.96. The quantitative estimate of drug-likeness (QED) is 0.581. The largest absolute Gasteiger partial charge is 0.347 e. The fourth-order valence-corrected chi connectivity index (χ4v) is 5.00. The summed E-state index contributed by atoms with van der Waals surface area (Å²) in [5.41, 5.74) is 3.06. The molecule has 2 aliphatic heterocycles. The van der Waals surface area contributed by atoms with E-state index in [9.17, 15) is 4.79 Å². The van der Waals surface area contributed by atoms with Gasteiger partial charge in [0.25, 0.3) is 0 Å². The van der Waals surface area contributed by atoms with Gasteiger partial charge in [0.15, 0.2) is 5.66 Å². The van der Waals surface area contributed by atoms with Crippen molar-refractivity contribution in [1.29, 1.82) is 0 Å². The summed E-state index contributed by atoms with van der Waals surface area (Å²) in [5, 5.41) is 10.8. The van der Waals surface area contributed by atoms with Gasteiger partial charge in [0.2, 0.25) is 0 Å². The Labute approximate surface area is 181 Å². The summed E-state index contributed by atoms with van der Waals surface area (Å²) in [6.07, 6.45) is 3.83. The number of hydrogen-bond acceptors (Lipinski definition) is 4. The highest BCUT2D eigenvalue weighted by atomic mass is 16.2. The fourth-order valence-electron chi connectivity index (χ4n) is 5.00. The minimum Gasteiger partial charge on any atom is -0.265 e. The van der Waals surface area contributed by atoms with Gasteiger partial charge in [0, 0.05) is 5.69 Å². The van der Waals surface area contributed by atoms with Gasteiger partial charge in [-0.25, -0.2) is 9.80 Å². The van der Waals surface area contributed by atoms with Gasteiger partial charge >= 0.3 is 6.03 Å².